The zero-order valence-electron chi connectivity index (χ0n) is 11.3. The number of aryl methyl sites for hydroxylation is 1. The van der Waals surface area contributed by atoms with Gasteiger partial charge in [0.25, 0.3) is 11.8 Å². The monoisotopic (exact) mass is 280 g/mol. The molecule has 1 amide bonds. The molecule has 0 radical (unpaired) electrons. The van der Waals surface area contributed by atoms with Crippen LogP contribution in [0.1, 0.15) is 16.2 Å². The lowest BCUT2D eigenvalue weighted by molar-refractivity contribution is 0.102. The average molecular weight is 280 g/mol. The van der Waals surface area contributed by atoms with Crippen molar-refractivity contribution in [2.24, 2.45) is 0 Å². The normalized spacial score (nSPS) is 10.3. The Bertz CT molecular complexity index is 768. The molecule has 2 heterocycles. The Morgan fingerprint density at radius 1 is 1.14 bits per heavy atom. The first-order chi connectivity index (χ1) is 10.2. The van der Waals surface area contributed by atoms with Gasteiger partial charge in [0.1, 0.15) is 0 Å². The summed E-state index contributed by atoms with van der Waals surface area (Å²) in [6.07, 6.45) is 3.14. The van der Waals surface area contributed by atoms with E-state index < -0.39 is 0 Å². The summed E-state index contributed by atoms with van der Waals surface area (Å²) >= 11 is 0. The number of amides is 1. The topological polar surface area (TPSA) is 80.9 Å². The third-order valence-electron chi connectivity index (χ3n) is 2.88. The molecule has 0 saturated carbocycles. The number of aromatic nitrogens is 3. The molecule has 1 aromatic carbocycles. The molecule has 0 fully saturated rings. The zero-order chi connectivity index (χ0) is 14.7. The van der Waals surface area contributed by atoms with Gasteiger partial charge in [-0.25, -0.2) is 0 Å². The van der Waals surface area contributed by atoms with Crippen LogP contribution in [0.25, 0.3) is 11.5 Å². The third-order valence-corrected chi connectivity index (χ3v) is 2.88. The first-order valence-corrected chi connectivity index (χ1v) is 6.35. The van der Waals surface area contributed by atoms with E-state index in [2.05, 4.69) is 20.4 Å². The molecule has 0 unspecified atom stereocenters. The molecule has 2 aromatic heterocycles. The lowest BCUT2D eigenvalue weighted by atomic mass is 10.1. The van der Waals surface area contributed by atoms with E-state index in [1.807, 2.05) is 18.2 Å². The minimum absolute atomic E-state index is 0.221. The van der Waals surface area contributed by atoms with Gasteiger partial charge in [0, 0.05) is 18.0 Å². The summed E-state index contributed by atoms with van der Waals surface area (Å²) in [6, 6.07) is 10.6. The molecule has 0 aliphatic carbocycles. The number of anilines is 1. The summed E-state index contributed by atoms with van der Waals surface area (Å²) in [6.45, 7) is 1.74. The molecule has 104 valence electrons. The number of carbonyl (C=O) groups excluding carboxylic acids is 1. The second-order valence-electron chi connectivity index (χ2n) is 4.38. The lowest BCUT2D eigenvalue weighted by Crippen LogP contribution is -2.12. The van der Waals surface area contributed by atoms with Crippen molar-refractivity contribution in [1.29, 1.82) is 0 Å². The van der Waals surface area contributed by atoms with Gasteiger partial charge in [-0.2, -0.15) is 4.98 Å². The molecule has 3 rings (SSSR count). The number of carbonyl (C=O) groups is 1. The van der Waals surface area contributed by atoms with E-state index in [0.717, 1.165) is 0 Å². The Hall–Kier alpha value is -3.02. The van der Waals surface area contributed by atoms with Gasteiger partial charge in [-0.1, -0.05) is 17.3 Å². The van der Waals surface area contributed by atoms with E-state index in [4.69, 9.17) is 4.52 Å². The van der Waals surface area contributed by atoms with Gasteiger partial charge in [-0.3, -0.25) is 9.78 Å². The molecule has 0 aliphatic rings. The number of hydrogen-bond acceptors (Lipinski definition) is 5. The number of benzene rings is 1. The van der Waals surface area contributed by atoms with Crippen LogP contribution in [0.2, 0.25) is 0 Å². The van der Waals surface area contributed by atoms with Crippen molar-refractivity contribution in [3.63, 3.8) is 0 Å². The predicted molar refractivity (Wildman–Crippen MR) is 76.7 cm³/mol. The molecule has 0 aliphatic heterocycles. The number of para-hydroxylation sites is 1. The summed E-state index contributed by atoms with van der Waals surface area (Å²) in [5, 5.41) is 6.60. The van der Waals surface area contributed by atoms with Gasteiger partial charge >= 0.3 is 0 Å². The quantitative estimate of drug-likeness (QED) is 0.797. The Kier molecular flexibility index (Phi) is 3.42. The maximum Gasteiger partial charge on any atom is 0.260 e. The second kappa shape index (κ2) is 5.54. The van der Waals surface area contributed by atoms with Crippen LogP contribution in [-0.2, 0) is 0 Å². The van der Waals surface area contributed by atoms with Crippen molar-refractivity contribution in [1.82, 2.24) is 15.1 Å². The van der Waals surface area contributed by atoms with Crippen LogP contribution in [-0.4, -0.2) is 21.0 Å². The van der Waals surface area contributed by atoms with Crippen LogP contribution >= 0.6 is 0 Å². The summed E-state index contributed by atoms with van der Waals surface area (Å²) in [4.78, 5) is 20.3. The molecule has 1 N–H and O–H groups in total. The minimum atomic E-state index is -0.221. The van der Waals surface area contributed by atoms with E-state index in [1.165, 1.54) is 0 Å². The molecular formula is C15H12N4O2. The van der Waals surface area contributed by atoms with Crippen molar-refractivity contribution in [2.45, 2.75) is 6.92 Å². The van der Waals surface area contributed by atoms with Crippen molar-refractivity contribution in [3.8, 4) is 11.5 Å². The minimum Gasteiger partial charge on any atom is -0.334 e. The van der Waals surface area contributed by atoms with Gasteiger partial charge in [0.15, 0.2) is 5.82 Å². The van der Waals surface area contributed by atoms with Crippen molar-refractivity contribution < 1.29 is 9.32 Å². The van der Waals surface area contributed by atoms with E-state index in [0.29, 0.717) is 28.5 Å². The van der Waals surface area contributed by atoms with Crippen molar-refractivity contribution in [2.75, 3.05) is 5.32 Å². The maximum absolute atomic E-state index is 12.2. The molecule has 0 spiro atoms. The third kappa shape index (κ3) is 2.79. The Morgan fingerprint density at radius 3 is 2.62 bits per heavy atom. The van der Waals surface area contributed by atoms with Crippen molar-refractivity contribution >= 4 is 11.6 Å². The van der Waals surface area contributed by atoms with Gasteiger partial charge in [-0.15, -0.1) is 0 Å². The fourth-order valence-corrected chi connectivity index (χ4v) is 1.88. The summed E-state index contributed by atoms with van der Waals surface area (Å²) in [5.41, 5.74) is 1.82. The van der Waals surface area contributed by atoms with Crippen LogP contribution in [0.3, 0.4) is 0 Å². The van der Waals surface area contributed by atoms with Crippen LogP contribution < -0.4 is 5.32 Å². The number of nitrogens with one attached hydrogen (secondary N) is 1. The molecule has 0 bridgehead atoms. The van der Waals surface area contributed by atoms with Gasteiger partial charge in [-0.05, 0) is 31.2 Å². The number of nitrogens with zero attached hydrogens (tertiary/aromatic N) is 3. The standard InChI is InChI=1S/C15H12N4O2/c1-10-17-15(21-19-10)12-4-2-3-5-13(12)18-14(20)11-6-8-16-9-7-11/h2-9H,1H3,(H,18,20). The largest absolute Gasteiger partial charge is 0.334 e. The first-order valence-electron chi connectivity index (χ1n) is 6.35. The van der Waals surface area contributed by atoms with E-state index in [1.54, 1.807) is 37.5 Å². The zero-order valence-corrected chi connectivity index (χ0v) is 11.3. The van der Waals surface area contributed by atoms with Gasteiger partial charge in [0.2, 0.25) is 0 Å². The fourth-order valence-electron chi connectivity index (χ4n) is 1.88. The Balaban J connectivity index is 1.91. The van der Waals surface area contributed by atoms with E-state index in [-0.39, 0.29) is 5.91 Å². The molecule has 0 saturated heterocycles. The van der Waals surface area contributed by atoms with E-state index in [9.17, 15) is 4.79 Å². The SMILES string of the molecule is Cc1noc(-c2ccccc2NC(=O)c2ccncc2)n1. The molecule has 6 nitrogen and oxygen atoms in total. The summed E-state index contributed by atoms with van der Waals surface area (Å²) in [7, 11) is 0. The van der Waals surface area contributed by atoms with Crippen molar-refractivity contribution in [3.05, 3.63) is 60.2 Å². The maximum atomic E-state index is 12.2. The highest BCUT2D eigenvalue weighted by Gasteiger charge is 2.13. The van der Waals surface area contributed by atoms with E-state index >= 15 is 0 Å². The molecule has 6 heteroatoms. The highest BCUT2D eigenvalue weighted by molar-refractivity contribution is 6.05. The molecule has 3 aromatic rings. The average Bonchev–Trinajstić information content (AvgIpc) is 2.95. The number of rotatable bonds is 3. The Labute approximate surface area is 120 Å². The number of hydrogen-bond donors (Lipinski definition) is 1. The first kappa shape index (κ1) is 13.0. The predicted octanol–water partition coefficient (Wildman–Crippen LogP) is 2.69. The summed E-state index contributed by atoms with van der Waals surface area (Å²) in [5.74, 6) is 0.694. The van der Waals surface area contributed by atoms with Crippen LogP contribution in [0.4, 0.5) is 5.69 Å². The smallest absolute Gasteiger partial charge is 0.260 e. The van der Waals surface area contributed by atoms with Crippen LogP contribution in [0.5, 0.6) is 0 Å². The van der Waals surface area contributed by atoms with Crippen LogP contribution in [0, 0.1) is 6.92 Å². The second-order valence-corrected chi connectivity index (χ2v) is 4.38. The highest BCUT2D eigenvalue weighted by atomic mass is 16.5. The van der Waals surface area contributed by atoms with Crippen LogP contribution in [0.15, 0.2) is 53.3 Å². The lowest BCUT2D eigenvalue weighted by Gasteiger charge is -2.08. The van der Waals surface area contributed by atoms with Gasteiger partial charge < -0.3 is 9.84 Å². The number of pyridine rings is 1. The molecule has 21 heavy (non-hydrogen) atoms. The van der Waals surface area contributed by atoms with Gasteiger partial charge in [0.05, 0.1) is 11.3 Å². The molecular weight excluding hydrogens is 268 g/mol. The Morgan fingerprint density at radius 2 is 1.90 bits per heavy atom. The summed E-state index contributed by atoms with van der Waals surface area (Å²) < 4.78 is 5.16. The fraction of sp³-hybridized carbons (Fsp3) is 0.0667. The molecule has 0 atom stereocenters. The highest BCUT2D eigenvalue weighted by Crippen LogP contribution is 2.26.